The Labute approximate surface area is 298 Å². The molecule has 0 aromatic rings. The summed E-state index contributed by atoms with van der Waals surface area (Å²) in [5.74, 6) is -0.583. The summed E-state index contributed by atoms with van der Waals surface area (Å²) in [6.07, 6.45) is 39.5. The van der Waals surface area contributed by atoms with Crippen LogP contribution < -0.4 is 5.32 Å². The van der Waals surface area contributed by atoms with Crippen molar-refractivity contribution in [1.29, 1.82) is 0 Å². The van der Waals surface area contributed by atoms with Gasteiger partial charge in [-0.2, -0.15) is 0 Å². The van der Waals surface area contributed by atoms with E-state index in [1.54, 1.807) is 0 Å². The number of hydrogen-bond acceptors (Lipinski definition) is 5. The van der Waals surface area contributed by atoms with E-state index in [1.165, 1.54) is 154 Å². The van der Waals surface area contributed by atoms with Gasteiger partial charge in [0.25, 0.3) is 0 Å². The molecule has 1 amide bonds. The Morgan fingerprint density at radius 2 is 0.833 bits per heavy atom. The van der Waals surface area contributed by atoms with Gasteiger partial charge in [-0.3, -0.25) is 4.79 Å². The first-order valence-corrected chi connectivity index (χ1v) is 21.1. The van der Waals surface area contributed by atoms with Crippen LogP contribution in [0.3, 0.4) is 0 Å². The molecule has 0 bridgehead atoms. The van der Waals surface area contributed by atoms with Gasteiger partial charge in [-0.25, -0.2) is 0 Å². The first-order chi connectivity index (χ1) is 23.5. The Bertz CT molecular complexity index is 687. The molecule has 5 N–H and O–H groups in total. The Kier molecular flexibility index (Phi) is 36.6. The van der Waals surface area contributed by atoms with E-state index in [0.717, 1.165) is 38.5 Å². The molecular weight excluding hydrogens is 598 g/mol. The molecule has 0 saturated carbocycles. The lowest BCUT2D eigenvalue weighted by Crippen LogP contribution is -2.53. The topological polar surface area (TPSA) is 110 Å². The minimum absolute atomic E-state index is 0.373. The molecule has 0 spiro atoms. The summed E-state index contributed by atoms with van der Waals surface area (Å²) in [4.78, 5) is 12.5. The van der Waals surface area contributed by atoms with E-state index in [2.05, 4.69) is 31.3 Å². The van der Waals surface area contributed by atoms with Crippen LogP contribution in [-0.4, -0.2) is 57.3 Å². The molecule has 0 aliphatic carbocycles. The molecule has 0 rings (SSSR count). The molecule has 0 fully saturated rings. The van der Waals surface area contributed by atoms with E-state index in [9.17, 15) is 25.2 Å². The van der Waals surface area contributed by atoms with Crippen molar-refractivity contribution in [3.8, 4) is 0 Å². The average molecular weight is 682 g/mol. The van der Waals surface area contributed by atoms with Crippen molar-refractivity contribution in [3.63, 3.8) is 0 Å². The van der Waals surface area contributed by atoms with Crippen LogP contribution in [0.5, 0.6) is 0 Å². The molecule has 4 atom stereocenters. The Balaban J connectivity index is 3.71. The molecule has 286 valence electrons. The minimum Gasteiger partial charge on any atom is -0.394 e. The monoisotopic (exact) mass is 682 g/mol. The Hall–Kier alpha value is -0.950. The van der Waals surface area contributed by atoms with Gasteiger partial charge in [-0.1, -0.05) is 193 Å². The molecule has 0 aliphatic heterocycles. The van der Waals surface area contributed by atoms with Crippen LogP contribution in [0.2, 0.25) is 0 Å². The maximum atomic E-state index is 12.5. The van der Waals surface area contributed by atoms with Crippen molar-refractivity contribution in [2.75, 3.05) is 6.61 Å². The lowest BCUT2D eigenvalue weighted by atomic mass is 9.99. The molecule has 48 heavy (non-hydrogen) atoms. The highest BCUT2D eigenvalue weighted by molar-refractivity contribution is 5.80. The zero-order valence-corrected chi connectivity index (χ0v) is 32.0. The molecule has 0 aliphatic rings. The molecule has 0 aromatic carbocycles. The van der Waals surface area contributed by atoms with E-state index in [4.69, 9.17) is 0 Å². The van der Waals surface area contributed by atoms with Crippen LogP contribution in [0.25, 0.3) is 0 Å². The highest BCUT2D eigenvalue weighted by atomic mass is 16.3. The summed E-state index contributed by atoms with van der Waals surface area (Å²) in [5.41, 5.74) is 0. The summed E-state index contributed by atoms with van der Waals surface area (Å²) in [6, 6.07) is -0.980. The zero-order chi connectivity index (χ0) is 35.3. The van der Waals surface area contributed by atoms with Crippen LogP contribution in [0.1, 0.15) is 219 Å². The van der Waals surface area contributed by atoms with E-state index >= 15 is 0 Å². The Morgan fingerprint density at radius 3 is 1.25 bits per heavy atom. The number of aliphatic hydroxyl groups is 4. The summed E-state index contributed by atoms with van der Waals surface area (Å²) in [7, 11) is 0. The molecule has 0 radical (unpaired) electrons. The molecule has 6 heteroatoms. The van der Waals surface area contributed by atoms with Crippen molar-refractivity contribution in [2.45, 2.75) is 244 Å². The van der Waals surface area contributed by atoms with Gasteiger partial charge in [0.1, 0.15) is 12.2 Å². The van der Waals surface area contributed by atoms with Gasteiger partial charge >= 0.3 is 0 Å². The summed E-state index contributed by atoms with van der Waals surface area (Å²) in [6.45, 7) is 4.02. The number of allylic oxidation sites excluding steroid dienone is 2. The van der Waals surface area contributed by atoms with Gasteiger partial charge in [0.15, 0.2) is 0 Å². The maximum absolute atomic E-state index is 12.5. The number of aliphatic hydroxyl groups excluding tert-OH is 4. The molecular formula is C42H83NO5. The summed E-state index contributed by atoms with van der Waals surface area (Å²) in [5, 5.41) is 43.6. The number of rotatable bonds is 38. The average Bonchev–Trinajstić information content (AvgIpc) is 3.09. The van der Waals surface area contributed by atoms with Crippen LogP contribution in [0.4, 0.5) is 0 Å². The van der Waals surface area contributed by atoms with Crippen molar-refractivity contribution in [1.82, 2.24) is 5.32 Å². The summed E-state index contributed by atoms with van der Waals surface area (Å²) >= 11 is 0. The van der Waals surface area contributed by atoms with Gasteiger partial charge in [-0.15, -0.1) is 0 Å². The van der Waals surface area contributed by atoms with E-state index < -0.39 is 36.9 Å². The number of carbonyl (C=O) groups is 1. The van der Waals surface area contributed by atoms with Crippen molar-refractivity contribution in [3.05, 3.63) is 12.2 Å². The molecule has 0 aromatic heterocycles. The van der Waals surface area contributed by atoms with Gasteiger partial charge in [0.05, 0.1) is 18.8 Å². The first-order valence-electron chi connectivity index (χ1n) is 21.1. The second kappa shape index (κ2) is 37.3. The second-order valence-electron chi connectivity index (χ2n) is 14.7. The lowest BCUT2D eigenvalue weighted by molar-refractivity contribution is -0.132. The van der Waals surface area contributed by atoms with Crippen molar-refractivity contribution in [2.24, 2.45) is 0 Å². The Morgan fingerprint density at radius 1 is 0.500 bits per heavy atom. The smallest absolute Gasteiger partial charge is 0.249 e. The fraction of sp³-hybridized carbons (Fsp3) is 0.929. The number of carbonyl (C=O) groups excluding carboxylic acids is 1. The molecule has 0 unspecified atom stereocenters. The maximum Gasteiger partial charge on any atom is 0.249 e. The third-order valence-corrected chi connectivity index (χ3v) is 9.98. The zero-order valence-electron chi connectivity index (χ0n) is 32.0. The molecule has 0 heterocycles. The third-order valence-electron chi connectivity index (χ3n) is 9.98. The van der Waals surface area contributed by atoms with E-state index in [0.29, 0.717) is 12.8 Å². The summed E-state index contributed by atoms with van der Waals surface area (Å²) < 4.78 is 0. The largest absolute Gasteiger partial charge is 0.394 e. The minimum atomic E-state index is -1.25. The molecule has 0 saturated heterocycles. The van der Waals surface area contributed by atoms with Gasteiger partial charge in [0.2, 0.25) is 5.91 Å². The first kappa shape index (κ1) is 47.0. The number of amides is 1. The van der Waals surface area contributed by atoms with E-state index in [-0.39, 0.29) is 0 Å². The standard InChI is InChI=1S/C42H83NO5/c1-3-5-7-9-11-13-15-17-18-19-20-21-22-23-24-26-27-29-31-33-35-39(45)41(47)38(37-44)43-42(48)40(46)36-34-32-30-28-25-16-14-12-10-8-6-4-2/h11,13,38-41,44-47H,3-10,12,14-37H2,1-2H3,(H,43,48)/b13-11+/t38-,39+,40+,41-/m0/s1. The fourth-order valence-corrected chi connectivity index (χ4v) is 6.57. The van der Waals surface area contributed by atoms with Crippen LogP contribution in [-0.2, 0) is 4.79 Å². The SMILES string of the molecule is CCCCC/C=C/CCCCCCCCCCCCCCC[C@@H](O)[C@@H](O)[C@H](CO)NC(=O)[C@H](O)CCCCCCCCCCCCCC. The predicted octanol–water partition coefficient (Wildman–Crippen LogP) is 10.6. The molecule has 6 nitrogen and oxygen atoms in total. The van der Waals surface area contributed by atoms with Crippen molar-refractivity contribution < 1.29 is 25.2 Å². The fourth-order valence-electron chi connectivity index (χ4n) is 6.57. The van der Waals surface area contributed by atoms with Gasteiger partial charge < -0.3 is 25.7 Å². The van der Waals surface area contributed by atoms with E-state index in [1.807, 2.05) is 0 Å². The predicted molar refractivity (Wildman–Crippen MR) is 205 cm³/mol. The highest BCUT2D eigenvalue weighted by Gasteiger charge is 2.28. The lowest BCUT2D eigenvalue weighted by Gasteiger charge is -2.27. The highest BCUT2D eigenvalue weighted by Crippen LogP contribution is 2.16. The van der Waals surface area contributed by atoms with Crippen LogP contribution >= 0.6 is 0 Å². The number of unbranched alkanes of at least 4 members (excludes halogenated alkanes) is 27. The van der Waals surface area contributed by atoms with Crippen molar-refractivity contribution >= 4 is 5.91 Å². The number of hydrogen-bond donors (Lipinski definition) is 5. The van der Waals surface area contributed by atoms with Gasteiger partial charge in [0, 0.05) is 0 Å². The van der Waals surface area contributed by atoms with Crippen LogP contribution in [0.15, 0.2) is 12.2 Å². The third kappa shape index (κ3) is 31.1. The second-order valence-corrected chi connectivity index (χ2v) is 14.7. The van der Waals surface area contributed by atoms with Gasteiger partial charge in [-0.05, 0) is 38.5 Å². The quantitative estimate of drug-likeness (QED) is 0.0329. The normalized spacial score (nSPS) is 14.4. The van der Waals surface area contributed by atoms with Crippen LogP contribution in [0, 0.1) is 0 Å². The number of nitrogens with one attached hydrogen (secondary N) is 1.